The summed E-state index contributed by atoms with van der Waals surface area (Å²) in [6.45, 7) is 3.08. The Hall–Kier alpha value is -3.48. The van der Waals surface area contributed by atoms with Crippen LogP contribution in [0.15, 0.2) is 72.8 Å². The Morgan fingerprint density at radius 2 is 1.80 bits per heavy atom. The van der Waals surface area contributed by atoms with Crippen LogP contribution >= 0.6 is 0 Å². The van der Waals surface area contributed by atoms with Gasteiger partial charge in [0.05, 0.1) is 17.1 Å². The molecule has 6 heteroatoms. The van der Waals surface area contributed by atoms with Gasteiger partial charge in [-0.25, -0.2) is 15.8 Å². The van der Waals surface area contributed by atoms with E-state index >= 15 is 0 Å². The number of fused-ring (bicyclic) bond motifs is 4. The molecule has 1 fully saturated rings. The van der Waals surface area contributed by atoms with E-state index in [0.29, 0.717) is 0 Å². The second-order valence-corrected chi connectivity index (χ2v) is 9.59. The molecule has 1 aliphatic heterocycles. The molecule has 178 valence electrons. The van der Waals surface area contributed by atoms with E-state index in [0.717, 1.165) is 49.3 Å². The van der Waals surface area contributed by atoms with Gasteiger partial charge in [-0.3, -0.25) is 4.79 Å². The molecule has 3 N–H and O–H groups in total. The monoisotopic (exact) mass is 465 g/mol. The van der Waals surface area contributed by atoms with Crippen molar-refractivity contribution in [2.24, 2.45) is 5.92 Å². The number of hydrogen-bond donors (Lipinski definition) is 3. The van der Waals surface area contributed by atoms with Gasteiger partial charge in [-0.05, 0) is 67.1 Å². The number of carbonyl (C=O) groups is 1. The van der Waals surface area contributed by atoms with E-state index < -0.39 is 0 Å². The molecule has 0 bridgehead atoms. The number of anilines is 1. The lowest BCUT2D eigenvalue weighted by molar-refractivity contribution is -0.118. The van der Waals surface area contributed by atoms with Gasteiger partial charge < -0.3 is 9.88 Å². The second-order valence-electron chi connectivity index (χ2n) is 9.59. The summed E-state index contributed by atoms with van der Waals surface area (Å²) in [4.78, 5) is 17.9. The van der Waals surface area contributed by atoms with E-state index in [1.165, 1.54) is 22.2 Å². The molecule has 3 atom stereocenters. The highest BCUT2D eigenvalue weighted by Gasteiger charge is 2.43. The van der Waals surface area contributed by atoms with Crippen molar-refractivity contribution in [3.8, 4) is 0 Å². The van der Waals surface area contributed by atoms with Crippen LogP contribution in [0.3, 0.4) is 0 Å². The lowest BCUT2D eigenvalue weighted by Crippen LogP contribution is -2.42. The van der Waals surface area contributed by atoms with Crippen molar-refractivity contribution in [2.45, 2.75) is 51.2 Å². The van der Waals surface area contributed by atoms with Crippen molar-refractivity contribution < 1.29 is 4.79 Å². The molecule has 4 aromatic rings. The summed E-state index contributed by atoms with van der Waals surface area (Å²) >= 11 is 0. The molecule has 3 aromatic carbocycles. The maximum absolute atomic E-state index is 13.1. The molecule has 1 amide bonds. The summed E-state index contributed by atoms with van der Waals surface area (Å²) in [5.74, 6) is 1.39. The van der Waals surface area contributed by atoms with Crippen LogP contribution in [0.4, 0.5) is 5.69 Å². The summed E-state index contributed by atoms with van der Waals surface area (Å²) < 4.78 is 2.30. The van der Waals surface area contributed by atoms with Crippen molar-refractivity contribution in [2.75, 3.05) is 5.32 Å². The predicted octanol–water partition coefficient (Wildman–Crippen LogP) is 4.56. The fourth-order valence-electron chi connectivity index (χ4n) is 5.78. The van der Waals surface area contributed by atoms with Gasteiger partial charge in [0.25, 0.3) is 0 Å². The van der Waals surface area contributed by atoms with E-state index in [2.05, 4.69) is 82.3 Å². The van der Waals surface area contributed by atoms with Crippen molar-refractivity contribution in [1.82, 2.24) is 20.4 Å². The largest absolute Gasteiger partial charge is 0.328 e. The van der Waals surface area contributed by atoms with Crippen molar-refractivity contribution >= 4 is 22.6 Å². The Balaban J connectivity index is 1.09. The number of hydrogen-bond acceptors (Lipinski definition) is 4. The molecule has 1 aromatic heterocycles. The number of carbonyl (C=O) groups excluding carboxylic acids is 1. The topological polar surface area (TPSA) is 71.0 Å². The van der Waals surface area contributed by atoms with Crippen molar-refractivity contribution in [3.63, 3.8) is 0 Å². The third kappa shape index (κ3) is 4.13. The first-order chi connectivity index (χ1) is 17.2. The summed E-state index contributed by atoms with van der Waals surface area (Å²) in [5, 5.41) is 3.12. The zero-order chi connectivity index (χ0) is 23.8. The number of benzene rings is 3. The molecule has 6 rings (SSSR count). The molecule has 1 aliphatic carbocycles. The summed E-state index contributed by atoms with van der Waals surface area (Å²) in [5.41, 5.74) is 13.7. The van der Waals surface area contributed by atoms with Crippen LogP contribution in [0.5, 0.6) is 0 Å². The van der Waals surface area contributed by atoms with Gasteiger partial charge in [0.15, 0.2) is 0 Å². The van der Waals surface area contributed by atoms with Gasteiger partial charge >= 0.3 is 0 Å². The van der Waals surface area contributed by atoms with Gasteiger partial charge in [0.1, 0.15) is 11.9 Å². The average molecular weight is 466 g/mol. The van der Waals surface area contributed by atoms with Gasteiger partial charge in [0.2, 0.25) is 5.91 Å². The van der Waals surface area contributed by atoms with Crippen LogP contribution in [-0.4, -0.2) is 21.5 Å². The Morgan fingerprint density at radius 1 is 1.00 bits per heavy atom. The Labute approximate surface area is 205 Å². The first kappa shape index (κ1) is 22.0. The molecule has 3 unspecified atom stereocenters. The Kier molecular flexibility index (Phi) is 5.84. The summed E-state index contributed by atoms with van der Waals surface area (Å²) in [7, 11) is 0. The molecule has 35 heavy (non-hydrogen) atoms. The third-order valence-electron chi connectivity index (χ3n) is 7.58. The molecule has 6 nitrogen and oxygen atoms in total. The first-order valence-electron chi connectivity index (χ1n) is 12.6. The average Bonchev–Trinajstić information content (AvgIpc) is 3.49. The smallest absolute Gasteiger partial charge is 0.243 e. The standard InChI is InChI=1S/C29H31N5O/c1-2-34-25-10-6-5-9-24(25)31-26(34)18-13-19-11-15-21(16-12-19)30-29(35)28-23-17-14-20-7-3-4-8-22(20)27(23)32-33-28/h3-12,15-16,23,27-28,32-33H,2,13-14,17-18H2,1H3,(H,30,35). The highest BCUT2D eigenvalue weighted by molar-refractivity contribution is 5.95. The number of para-hydroxylation sites is 2. The predicted molar refractivity (Wildman–Crippen MR) is 139 cm³/mol. The van der Waals surface area contributed by atoms with Crippen molar-refractivity contribution in [1.29, 1.82) is 0 Å². The number of nitrogens with zero attached hydrogens (tertiary/aromatic N) is 2. The van der Waals surface area contributed by atoms with Crippen LogP contribution in [0.25, 0.3) is 11.0 Å². The molecular weight excluding hydrogens is 434 g/mol. The number of aromatic nitrogens is 2. The highest BCUT2D eigenvalue weighted by atomic mass is 16.2. The van der Waals surface area contributed by atoms with Gasteiger partial charge in [-0.2, -0.15) is 0 Å². The van der Waals surface area contributed by atoms with Crippen molar-refractivity contribution in [3.05, 3.63) is 95.3 Å². The van der Waals surface area contributed by atoms with Crippen LogP contribution in [0.1, 0.15) is 41.9 Å². The van der Waals surface area contributed by atoms with E-state index in [4.69, 9.17) is 4.98 Å². The SMILES string of the molecule is CCn1c(CCc2ccc(NC(=O)C3NNC4c5ccccc5CCC34)cc2)nc2ccccc21. The number of hydrazine groups is 1. The quantitative estimate of drug-likeness (QED) is 0.390. The Morgan fingerprint density at radius 3 is 2.66 bits per heavy atom. The molecule has 0 radical (unpaired) electrons. The minimum Gasteiger partial charge on any atom is -0.328 e. The van der Waals surface area contributed by atoms with E-state index in [1.54, 1.807) is 0 Å². The molecule has 2 heterocycles. The second kappa shape index (κ2) is 9.29. The summed E-state index contributed by atoms with van der Waals surface area (Å²) in [6, 6.07) is 25.0. The molecule has 2 aliphatic rings. The first-order valence-corrected chi connectivity index (χ1v) is 12.6. The zero-order valence-corrected chi connectivity index (χ0v) is 20.0. The van der Waals surface area contributed by atoms with Gasteiger partial charge in [-0.15, -0.1) is 0 Å². The van der Waals surface area contributed by atoms with E-state index in [1.807, 2.05) is 18.2 Å². The highest BCUT2D eigenvalue weighted by Crippen LogP contribution is 2.39. The molecule has 0 saturated carbocycles. The number of amides is 1. The molecular formula is C29H31N5O. The Bertz CT molecular complexity index is 1360. The number of imidazole rings is 1. The van der Waals surface area contributed by atoms with Gasteiger partial charge in [-0.1, -0.05) is 48.5 Å². The minimum absolute atomic E-state index is 0.0220. The fourth-order valence-corrected chi connectivity index (χ4v) is 5.78. The normalized spacial score (nSPS) is 21.0. The maximum atomic E-state index is 13.1. The zero-order valence-electron chi connectivity index (χ0n) is 20.0. The molecule has 1 saturated heterocycles. The minimum atomic E-state index is -0.241. The van der Waals surface area contributed by atoms with Gasteiger partial charge in [0, 0.05) is 24.6 Å². The number of nitrogens with one attached hydrogen (secondary N) is 3. The number of aryl methyl sites for hydroxylation is 4. The van der Waals surface area contributed by atoms with Crippen LogP contribution < -0.4 is 16.2 Å². The fraction of sp³-hybridized carbons (Fsp3) is 0.310. The summed E-state index contributed by atoms with van der Waals surface area (Å²) in [6.07, 6.45) is 3.82. The van der Waals surface area contributed by atoms with Crippen LogP contribution in [0.2, 0.25) is 0 Å². The number of rotatable bonds is 6. The van der Waals surface area contributed by atoms with E-state index in [-0.39, 0.29) is 23.9 Å². The lowest BCUT2D eigenvalue weighted by Gasteiger charge is -2.29. The van der Waals surface area contributed by atoms with Crippen LogP contribution in [0, 0.1) is 5.92 Å². The lowest BCUT2D eigenvalue weighted by atomic mass is 9.77. The van der Waals surface area contributed by atoms with E-state index in [9.17, 15) is 4.79 Å². The van der Waals surface area contributed by atoms with Crippen LogP contribution in [-0.2, 0) is 30.6 Å². The third-order valence-corrected chi connectivity index (χ3v) is 7.58. The maximum Gasteiger partial charge on any atom is 0.243 e. The molecule has 0 spiro atoms.